The van der Waals surface area contributed by atoms with Crippen molar-refractivity contribution in [2.24, 2.45) is 0 Å². The minimum Gasteiger partial charge on any atom is -0.339 e. The van der Waals surface area contributed by atoms with Gasteiger partial charge < -0.3 is 16.0 Å². The van der Waals surface area contributed by atoms with Crippen LogP contribution < -0.4 is 16.0 Å². The first-order valence-electron chi connectivity index (χ1n) is 9.50. The number of rotatable bonds is 5. The van der Waals surface area contributed by atoms with Gasteiger partial charge in [0.2, 0.25) is 9.70 Å². The molecule has 0 spiro atoms. The smallest absolute Gasteiger partial charge is 0.245 e. The van der Waals surface area contributed by atoms with E-state index in [1.807, 2.05) is 30.3 Å². The van der Waals surface area contributed by atoms with E-state index in [2.05, 4.69) is 22.0 Å². The quantitative estimate of drug-likeness (QED) is 0.219. The molecule has 0 saturated heterocycles. The van der Waals surface area contributed by atoms with E-state index in [0.29, 0.717) is 10.6 Å². The molecule has 10 heteroatoms. The average Bonchev–Trinajstić information content (AvgIpc) is 3.08. The van der Waals surface area contributed by atoms with Gasteiger partial charge in [-0.3, -0.25) is 4.79 Å². The van der Waals surface area contributed by atoms with Crippen LogP contribution in [0.4, 0.5) is 5.00 Å². The van der Waals surface area contributed by atoms with Crippen LogP contribution in [0, 0.1) is 11.3 Å². The molecule has 0 bridgehead atoms. The van der Waals surface area contributed by atoms with E-state index < -0.39 is 15.9 Å². The van der Waals surface area contributed by atoms with E-state index in [4.69, 9.17) is 47.0 Å². The normalized spacial score (nSPS) is 14.4. The minimum atomic E-state index is -1.87. The van der Waals surface area contributed by atoms with Crippen LogP contribution in [0.3, 0.4) is 0 Å². The van der Waals surface area contributed by atoms with Crippen LogP contribution in [0.15, 0.2) is 36.4 Å². The van der Waals surface area contributed by atoms with Gasteiger partial charge in [-0.25, -0.2) is 0 Å². The molecule has 0 radical (unpaired) electrons. The summed E-state index contributed by atoms with van der Waals surface area (Å²) in [7, 11) is 0. The number of halogens is 3. The molecule has 1 amide bonds. The van der Waals surface area contributed by atoms with Crippen LogP contribution in [0.2, 0.25) is 0 Å². The third kappa shape index (κ3) is 6.58. The zero-order valence-electron chi connectivity index (χ0n) is 16.3. The number of nitriles is 1. The number of thiocarbonyl (C=S) groups is 1. The molecule has 3 rings (SSSR count). The summed E-state index contributed by atoms with van der Waals surface area (Å²) >= 11 is 25.0. The first-order valence-corrected chi connectivity index (χ1v) is 11.9. The molecule has 1 aromatic heterocycles. The van der Waals surface area contributed by atoms with E-state index in [1.165, 1.54) is 22.3 Å². The highest BCUT2D eigenvalue weighted by Gasteiger charge is 2.34. The maximum absolute atomic E-state index is 12.3. The van der Waals surface area contributed by atoms with Gasteiger partial charge in [0.15, 0.2) is 5.11 Å². The number of anilines is 1. The Kier molecular flexibility index (Phi) is 8.20. The van der Waals surface area contributed by atoms with E-state index in [1.54, 1.807) is 6.08 Å². The second kappa shape index (κ2) is 10.7. The van der Waals surface area contributed by atoms with Crippen molar-refractivity contribution in [3.63, 3.8) is 0 Å². The van der Waals surface area contributed by atoms with Crippen molar-refractivity contribution in [3.05, 3.63) is 58.0 Å². The van der Waals surface area contributed by atoms with E-state index in [0.717, 1.165) is 36.8 Å². The molecule has 0 aliphatic heterocycles. The predicted molar refractivity (Wildman–Crippen MR) is 133 cm³/mol. The Bertz CT molecular complexity index is 1030. The molecule has 31 heavy (non-hydrogen) atoms. The van der Waals surface area contributed by atoms with Crippen LogP contribution in [-0.4, -0.2) is 21.0 Å². The zero-order chi connectivity index (χ0) is 22.4. The lowest BCUT2D eigenvalue weighted by atomic mass is 9.96. The Balaban J connectivity index is 1.67. The van der Waals surface area contributed by atoms with Crippen LogP contribution in [-0.2, 0) is 17.6 Å². The maximum atomic E-state index is 12.3. The number of aryl methyl sites for hydroxylation is 1. The highest BCUT2D eigenvalue weighted by atomic mass is 35.6. The van der Waals surface area contributed by atoms with E-state index in [-0.39, 0.29) is 5.11 Å². The third-order valence-corrected chi connectivity index (χ3v) is 6.71. The second-order valence-electron chi connectivity index (χ2n) is 6.85. The van der Waals surface area contributed by atoms with Gasteiger partial charge in [0.25, 0.3) is 0 Å². The van der Waals surface area contributed by atoms with Gasteiger partial charge in [0.1, 0.15) is 17.2 Å². The van der Waals surface area contributed by atoms with E-state index in [9.17, 15) is 10.1 Å². The van der Waals surface area contributed by atoms with Crippen molar-refractivity contribution in [2.45, 2.75) is 35.6 Å². The van der Waals surface area contributed by atoms with Crippen LogP contribution in [0.1, 0.15) is 34.4 Å². The van der Waals surface area contributed by atoms with Crippen LogP contribution in [0.5, 0.6) is 0 Å². The summed E-state index contributed by atoms with van der Waals surface area (Å²) in [5.74, 6) is -0.459. The summed E-state index contributed by atoms with van der Waals surface area (Å²) in [6.45, 7) is 0. The molecule has 1 aromatic carbocycles. The Labute approximate surface area is 205 Å². The fourth-order valence-corrected chi connectivity index (χ4v) is 5.02. The SMILES string of the molecule is N#Cc1c(NC(=S)N[C@@H](NC(=O)/C=C\c2ccccc2)C(Cl)(Cl)Cl)sc2c1CCCC2. The number of nitrogens with one attached hydrogen (secondary N) is 3. The number of nitrogens with zero attached hydrogens (tertiary/aromatic N) is 1. The lowest BCUT2D eigenvalue weighted by Gasteiger charge is -2.27. The van der Waals surface area contributed by atoms with Gasteiger partial charge in [-0.15, -0.1) is 11.3 Å². The molecule has 1 atom stereocenters. The summed E-state index contributed by atoms with van der Waals surface area (Å²) in [5, 5.41) is 18.8. The van der Waals surface area contributed by atoms with Gasteiger partial charge in [0.05, 0.1) is 5.56 Å². The molecule has 1 aliphatic carbocycles. The third-order valence-electron chi connectivity index (χ3n) is 4.63. The molecule has 3 N–H and O–H groups in total. The Morgan fingerprint density at radius 2 is 1.90 bits per heavy atom. The number of carbonyl (C=O) groups excluding carboxylic acids is 1. The standard InChI is InChI=1S/C21H19Cl3N4OS2/c22-21(23,24)19(26-17(29)11-10-13-6-2-1-3-7-13)28-20(30)27-18-15(12-25)14-8-4-5-9-16(14)31-18/h1-3,6-7,10-11,19H,4-5,8-9H2,(H,26,29)(H2,27,28,30)/b11-10-/t19-/m1/s1. The number of carbonyl (C=O) groups is 1. The highest BCUT2D eigenvalue weighted by Crippen LogP contribution is 2.37. The van der Waals surface area contributed by atoms with Gasteiger partial charge in [-0.05, 0) is 55.1 Å². The van der Waals surface area contributed by atoms with Crippen molar-refractivity contribution >= 4 is 80.5 Å². The number of hydrogen-bond acceptors (Lipinski definition) is 4. The maximum Gasteiger partial charge on any atom is 0.245 e. The molecule has 5 nitrogen and oxygen atoms in total. The number of hydrogen-bond donors (Lipinski definition) is 3. The summed E-state index contributed by atoms with van der Waals surface area (Å²) in [6, 6.07) is 11.6. The monoisotopic (exact) mass is 512 g/mol. The average molecular weight is 514 g/mol. The number of thiophene rings is 1. The summed E-state index contributed by atoms with van der Waals surface area (Å²) in [6.07, 6.45) is 5.92. The van der Waals surface area contributed by atoms with Crippen molar-refractivity contribution in [3.8, 4) is 6.07 Å². The number of amides is 1. The predicted octanol–water partition coefficient (Wildman–Crippen LogP) is 5.31. The van der Waals surface area contributed by atoms with Crippen LogP contribution >= 0.6 is 58.4 Å². The molecule has 0 saturated carbocycles. The first-order chi connectivity index (χ1) is 14.8. The Hall–Kier alpha value is -1.82. The molecule has 1 aliphatic rings. The van der Waals surface area contributed by atoms with Crippen LogP contribution in [0.25, 0.3) is 6.08 Å². The van der Waals surface area contributed by atoms with Gasteiger partial charge in [-0.1, -0.05) is 65.1 Å². The number of alkyl halides is 3. The Morgan fingerprint density at radius 1 is 1.19 bits per heavy atom. The van der Waals surface area contributed by atoms with Crippen molar-refractivity contribution in [1.29, 1.82) is 5.26 Å². The number of fused-ring (bicyclic) bond motifs is 1. The first kappa shape index (κ1) is 23.8. The molecule has 162 valence electrons. The fourth-order valence-electron chi connectivity index (χ4n) is 3.17. The summed E-state index contributed by atoms with van der Waals surface area (Å²) in [4.78, 5) is 13.5. The van der Waals surface area contributed by atoms with Crippen molar-refractivity contribution in [1.82, 2.24) is 10.6 Å². The molecule has 2 aromatic rings. The minimum absolute atomic E-state index is 0.138. The molecular weight excluding hydrogens is 495 g/mol. The summed E-state index contributed by atoms with van der Waals surface area (Å²) < 4.78 is -1.87. The molecule has 0 unspecified atom stereocenters. The lowest BCUT2D eigenvalue weighted by Crippen LogP contribution is -2.55. The van der Waals surface area contributed by atoms with Gasteiger partial charge in [0, 0.05) is 11.0 Å². The van der Waals surface area contributed by atoms with Crippen molar-refractivity contribution in [2.75, 3.05) is 5.32 Å². The highest BCUT2D eigenvalue weighted by molar-refractivity contribution is 7.80. The van der Waals surface area contributed by atoms with Gasteiger partial charge in [-0.2, -0.15) is 5.26 Å². The number of benzene rings is 1. The van der Waals surface area contributed by atoms with Crippen molar-refractivity contribution < 1.29 is 4.79 Å². The van der Waals surface area contributed by atoms with Gasteiger partial charge >= 0.3 is 0 Å². The zero-order valence-corrected chi connectivity index (χ0v) is 20.2. The fraction of sp³-hybridized carbons (Fsp3) is 0.286. The van der Waals surface area contributed by atoms with E-state index >= 15 is 0 Å². The summed E-state index contributed by atoms with van der Waals surface area (Å²) in [5.41, 5.74) is 2.55. The largest absolute Gasteiger partial charge is 0.339 e. The Morgan fingerprint density at radius 3 is 2.58 bits per heavy atom. The lowest BCUT2D eigenvalue weighted by molar-refractivity contribution is -0.117. The second-order valence-corrected chi connectivity index (χ2v) is 10.7. The molecule has 0 fully saturated rings. The molecular formula is C21H19Cl3N4OS2. The topological polar surface area (TPSA) is 77.0 Å². The molecule has 1 heterocycles.